The van der Waals surface area contributed by atoms with Crippen molar-refractivity contribution < 1.29 is 0 Å². The van der Waals surface area contributed by atoms with Crippen LogP contribution in [0.2, 0.25) is 0 Å². The van der Waals surface area contributed by atoms with Gasteiger partial charge in [-0.15, -0.1) is 0 Å². The highest BCUT2D eigenvalue weighted by atomic mass is 16.1. The second-order valence-corrected chi connectivity index (χ2v) is 7.44. The Hall–Kier alpha value is -1.81. The summed E-state index contributed by atoms with van der Waals surface area (Å²) in [5.74, 6) is 0.725. The number of nitrogens with one attached hydrogen (secondary N) is 1. The standard InChI is InChI=1S/C21H31N3O/c1-5-24(6-2)17-9-10-20-18(12-17)21(25)19(16(4)22-20)14-23-11-7-8-15(3)13-23/h9-10,12,15H,5-8,11,13-14H2,1-4H3,(H,22,25)/t15-/m0/s1. The molecule has 1 aromatic heterocycles. The van der Waals surface area contributed by atoms with Gasteiger partial charge in [0.2, 0.25) is 0 Å². The first-order chi connectivity index (χ1) is 12.0. The highest BCUT2D eigenvalue weighted by molar-refractivity contribution is 5.83. The number of hydrogen-bond donors (Lipinski definition) is 1. The van der Waals surface area contributed by atoms with Crippen LogP contribution < -0.4 is 10.3 Å². The molecule has 25 heavy (non-hydrogen) atoms. The van der Waals surface area contributed by atoms with Crippen molar-refractivity contribution in [2.45, 2.75) is 47.1 Å². The molecule has 2 heterocycles. The van der Waals surface area contributed by atoms with Crippen LogP contribution in [0.25, 0.3) is 10.9 Å². The van der Waals surface area contributed by atoms with Crippen LogP contribution in [0.3, 0.4) is 0 Å². The summed E-state index contributed by atoms with van der Waals surface area (Å²) in [4.78, 5) is 21.4. The number of H-pyrrole nitrogens is 1. The Morgan fingerprint density at radius 1 is 1.28 bits per heavy atom. The van der Waals surface area contributed by atoms with E-state index in [1.165, 1.54) is 12.8 Å². The molecule has 1 atom stereocenters. The number of aryl methyl sites for hydroxylation is 1. The lowest BCUT2D eigenvalue weighted by Crippen LogP contribution is -2.35. The minimum Gasteiger partial charge on any atom is -0.372 e. The lowest BCUT2D eigenvalue weighted by molar-refractivity contribution is 0.176. The molecule has 0 saturated carbocycles. The van der Waals surface area contributed by atoms with Gasteiger partial charge in [-0.2, -0.15) is 0 Å². The Kier molecular flexibility index (Phi) is 5.48. The number of nitrogens with zero attached hydrogens (tertiary/aromatic N) is 2. The number of anilines is 1. The maximum atomic E-state index is 13.2. The molecule has 0 aliphatic carbocycles. The summed E-state index contributed by atoms with van der Waals surface area (Å²) >= 11 is 0. The van der Waals surface area contributed by atoms with Gasteiger partial charge in [-0.3, -0.25) is 9.69 Å². The Bertz CT molecular complexity index is 792. The first-order valence-corrected chi connectivity index (χ1v) is 9.66. The van der Waals surface area contributed by atoms with Gasteiger partial charge >= 0.3 is 0 Å². The van der Waals surface area contributed by atoms with E-state index in [1.54, 1.807) is 0 Å². The third-order valence-corrected chi connectivity index (χ3v) is 5.55. The van der Waals surface area contributed by atoms with Crippen LogP contribution >= 0.6 is 0 Å². The van der Waals surface area contributed by atoms with Crippen molar-refractivity contribution in [1.29, 1.82) is 0 Å². The predicted octanol–water partition coefficient (Wildman–Crippen LogP) is 3.91. The van der Waals surface area contributed by atoms with Gasteiger partial charge in [0.15, 0.2) is 5.43 Å². The highest BCUT2D eigenvalue weighted by Crippen LogP contribution is 2.22. The molecule has 1 saturated heterocycles. The summed E-state index contributed by atoms with van der Waals surface area (Å²) in [6, 6.07) is 6.21. The summed E-state index contributed by atoms with van der Waals surface area (Å²) in [5, 5.41) is 0.815. The van der Waals surface area contributed by atoms with E-state index in [1.807, 2.05) is 13.0 Å². The lowest BCUT2D eigenvalue weighted by atomic mass is 9.99. The summed E-state index contributed by atoms with van der Waals surface area (Å²) in [5.41, 5.74) is 4.20. The van der Waals surface area contributed by atoms with Crippen molar-refractivity contribution >= 4 is 16.6 Å². The largest absolute Gasteiger partial charge is 0.372 e. The van der Waals surface area contributed by atoms with Crippen molar-refractivity contribution in [2.75, 3.05) is 31.1 Å². The topological polar surface area (TPSA) is 39.3 Å². The maximum absolute atomic E-state index is 13.2. The quantitative estimate of drug-likeness (QED) is 0.896. The fourth-order valence-electron chi connectivity index (χ4n) is 4.07. The number of aromatic nitrogens is 1. The lowest BCUT2D eigenvalue weighted by Gasteiger charge is -2.31. The second-order valence-electron chi connectivity index (χ2n) is 7.44. The Balaban J connectivity index is 1.99. The van der Waals surface area contributed by atoms with Crippen molar-refractivity contribution in [3.8, 4) is 0 Å². The SMILES string of the molecule is CCN(CC)c1ccc2[nH]c(C)c(CN3CCC[C@H](C)C3)c(=O)c2c1. The average Bonchev–Trinajstić information content (AvgIpc) is 2.60. The van der Waals surface area contributed by atoms with Crippen LogP contribution in [0.1, 0.15) is 44.9 Å². The fraction of sp³-hybridized carbons (Fsp3) is 0.571. The molecule has 0 amide bonds. The van der Waals surface area contributed by atoms with E-state index >= 15 is 0 Å². The zero-order chi connectivity index (χ0) is 18.0. The molecule has 136 valence electrons. The monoisotopic (exact) mass is 341 g/mol. The van der Waals surface area contributed by atoms with E-state index in [9.17, 15) is 4.79 Å². The number of hydrogen-bond acceptors (Lipinski definition) is 3. The molecule has 1 aliphatic heterocycles. The molecule has 3 rings (SSSR count). The summed E-state index contributed by atoms with van der Waals surface area (Å²) in [7, 11) is 0. The van der Waals surface area contributed by atoms with Crippen LogP contribution in [0.5, 0.6) is 0 Å². The number of fused-ring (bicyclic) bond motifs is 1. The minimum absolute atomic E-state index is 0.193. The summed E-state index contributed by atoms with van der Waals surface area (Å²) in [6.07, 6.45) is 2.54. The number of rotatable bonds is 5. The van der Waals surface area contributed by atoms with Crippen molar-refractivity contribution in [3.05, 3.63) is 39.7 Å². The van der Waals surface area contributed by atoms with Crippen molar-refractivity contribution in [3.63, 3.8) is 0 Å². The van der Waals surface area contributed by atoms with Gasteiger partial charge in [0.1, 0.15) is 0 Å². The van der Waals surface area contributed by atoms with Crippen LogP contribution in [0.4, 0.5) is 5.69 Å². The second kappa shape index (κ2) is 7.61. The van der Waals surface area contributed by atoms with Crippen LogP contribution in [0.15, 0.2) is 23.0 Å². The number of aromatic amines is 1. The summed E-state index contributed by atoms with van der Waals surface area (Å²) in [6.45, 7) is 13.5. The molecule has 2 aromatic rings. The smallest absolute Gasteiger partial charge is 0.194 e. The Morgan fingerprint density at radius 3 is 2.72 bits per heavy atom. The van der Waals surface area contributed by atoms with Crippen LogP contribution in [0, 0.1) is 12.8 Å². The van der Waals surface area contributed by atoms with E-state index in [0.717, 1.165) is 66.5 Å². The van der Waals surface area contributed by atoms with Crippen molar-refractivity contribution in [1.82, 2.24) is 9.88 Å². The van der Waals surface area contributed by atoms with E-state index < -0.39 is 0 Å². The third kappa shape index (κ3) is 3.74. The molecule has 1 N–H and O–H groups in total. The molecule has 0 unspecified atom stereocenters. The summed E-state index contributed by atoms with van der Waals surface area (Å²) < 4.78 is 0. The van der Waals surface area contributed by atoms with E-state index in [2.05, 4.69) is 47.7 Å². The molecule has 4 nitrogen and oxygen atoms in total. The number of pyridine rings is 1. The third-order valence-electron chi connectivity index (χ3n) is 5.55. The number of likely N-dealkylation sites (tertiary alicyclic amines) is 1. The van der Waals surface area contributed by atoms with E-state index in [-0.39, 0.29) is 5.43 Å². The molecular weight excluding hydrogens is 310 g/mol. The zero-order valence-corrected chi connectivity index (χ0v) is 16.1. The normalized spacial score (nSPS) is 18.6. The van der Waals surface area contributed by atoms with Gasteiger partial charge < -0.3 is 9.88 Å². The molecule has 0 bridgehead atoms. The Morgan fingerprint density at radius 2 is 2.04 bits per heavy atom. The predicted molar refractivity (Wildman–Crippen MR) is 107 cm³/mol. The van der Waals surface area contributed by atoms with Crippen LogP contribution in [-0.2, 0) is 6.54 Å². The molecule has 1 fully saturated rings. The van der Waals surface area contributed by atoms with Gasteiger partial charge in [0, 0.05) is 54.0 Å². The molecule has 0 radical (unpaired) electrons. The molecule has 4 heteroatoms. The maximum Gasteiger partial charge on any atom is 0.194 e. The first-order valence-electron chi connectivity index (χ1n) is 9.66. The van der Waals surface area contributed by atoms with E-state index in [0.29, 0.717) is 0 Å². The van der Waals surface area contributed by atoms with Gasteiger partial charge in [-0.1, -0.05) is 6.92 Å². The van der Waals surface area contributed by atoms with Crippen molar-refractivity contribution in [2.24, 2.45) is 5.92 Å². The van der Waals surface area contributed by atoms with Gasteiger partial charge in [0.25, 0.3) is 0 Å². The molecule has 0 spiro atoms. The van der Waals surface area contributed by atoms with Gasteiger partial charge in [-0.05, 0) is 64.3 Å². The molecule has 1 aliphatic rings. The number of piperidine rings is 1. The molecular formula is C21H31N3O. The first kappa shape index (κ1) is 18.0. The zero-order valence-electron chi connectivity index (χ0n) is 16.1. The van der Waals surface area contributed by atoms with Gasteiger partial charge in [0.05, 0.1) is 0 Å². The van der Waals surface area contributed by atoms with Crippen LogP contribution in [-0.4, -0.2) is 36.1 Å². The highest BCUT2D eigenvalue weighted by Gasteiger charge is 2.19. The van der Waals surface area contributed by atoms with Gasteiger partial charge in [-0.25, -0.2) is 0 Å². The molecule has 1 aromatic carbocycles. The fourth-order valence-corrected chi connectivity index (χ4v) is 4.07. The van der Waals surface area contributed by atoms with E-state index in [4.69, 9.17) is 0 Å². The Labute approximate surface area is 150 Å². The minimum atomic E-state index is 0.193. The number of benzene rings is 1. The average molecular weight is 341 g/mol.